The lowest BCUT2D eigenvalue weighted by molar-refractivity contribution is -0.145. The molecule has 0 spiro atoms. The summed E-state index contributed by atoms with van der Waals surface area (Å²) in [5.74, 6) is -0.433. The highest BCUT2D eigenvalue weighted by molar-refractivity contribution is 5.80. The van der Waals surface area contributed by atoms with Gasteiger partial charge < -0.3 is 10.0 Å². The second-order valence-electron chi connectivity index (χ2n) is 5.96. The van der Waals surface area contributed by atoms with Crippen molar-refractivity contribution in [2.24, 2.45) is 17.8 Å². The van der Waals surface area contributed by atoms with Gasteiger partial charge in [0.25, 0.3) is 0 Å². The monoisotopic (exact) mass is 283 g/mol. The average Bonchev–Trinajstić information content (AvgIpc) is 2.48. The molecule has 1 saturated carbocycles. The van der Waals surface area contributed by atoms with E-state index in [9.17, 15) is 9.59 Å². The molecule has 0 heterocycles. The summed E-state index contributed by atoms with van der Waals surface area (Å²) in [4.78, 5) is 25.6. The predicted octanol–water partition coefficient (Wildman–Crippen LogP) is 3.16. The van der Waals surface area contributed by atoms with Gasteiger partial charge in [0, 0.05) is 19.0 Å². The summed E-state index contributed by atoms with van der Waals surface area (Å²) in [6, 6.07) is 0. The molecule has 1 N–H and O–H groups in total. The third-order valence-electron chi connectivity index (χ3n) is 4.70. The maximum absolute atomic E-state index is 12.6. The average molecular weight is 283 g/mol. The lowest BCUT2D eigenvalue weighted by atomic mass is 9.80. The Labute approximate surface area is 122 Å². The van der Waals surface area contributed by atoms with E-state index >= 15 is 0 Å². The van der Waals surface area contributed by atoms with Crippen molar-refractivity contribution in [1.29, 1.82) is 0 Å². The number of carboxylic acids is 1. The highest BCUT2D eigenvalue weighted by atomic mass is 16.4. The van der Waals surface area contributed by atoms with E-state index in [0.717, 1.165) is 45.2 Å². The van der Waals surface area contributed by atoms with Crippen molar-refractivity contribution in [2.75, 3.05) is 13.1 Å². The first-order valence-corrected chi connectivity index (χ1v) is 8.04. The number of amides is 1. The van der Waals surface area contributed by atoms with Crippen molar-refractivity contribution in [3.63, 3.8) is 0 Å². The van der Waals surface area contributed by atoms with Gasteiger partial charge in [0.05, 0.1) is 5.92 Å². The molecule has 4 nitrogen and oxygen atoms in total. The molecule has 1 aliphatic carbocycles. The largest absolute Gasteiger partial charge is 0.481 e. The van der Waals surface area contributed by atoms with Gasteiger partial charge in [-0.25, -0.2) is 0 Å². The number of rotatable bonds is 7. The first-order valence-electron chi connectivity index (χ1n) is 8.04. The molecular weight excluding hydrogens is 254 g/mol. The van der Waals surface area contributed by atoms with Crippen LogP contribution in [-0.2, 0) is 9.59 Å². The van der Waals surface area contributed by atoms with Crippen LogP contribution in [0.5, 0.6) is 0 Å². The SMILES string of the molecule is CCC(CC)CN(CC)C(=O)C1CCCC(C(=O)O)C1. The van der Waals surface area contributed by atoms with Crippen LogP contribution < -0.4 is 0 Å². The molecule has 0 aromatic heterocycles. The molecule has 1 aliphatic rings. The van der Waals surface area contributed by atoms with Crippen molar-refractivity contribution in [1.82, 2.24) is 4.90 Å². The first-order chi connectivity index (χ1) is 9.53. The van der Waals surface area contributed by atoms with Gasteiger partial charge >= 0.3 is 5.97 Å². The van der Waals surface area contributed by atoms with Crippen LogP contribution in [0, 0.1) is 17.8 Å². The molecule has 2 unspecified atom stereocenters. The molecule has 0 saturated heterocycles. The summed E-state index contributed by atoms with van der Waals surface area (Å²) in [7, 11) is 0. The Morgan fingerprint density at radius 2 is 1.75 bits per heavy atom. The molecule has 0 aromatic carbocycles. The lowest BCUT2D eigenvalue weighted by Crippen LogP contribution is -2.41. The van der Waals surface area contributed by atoms with Crippen molar-refractivity contribution >= 4 is 11.9 Å². The van der Waals surface area contributed by atoms with Gasteiger partial charge in [0.2, 0.25) is 5.91 Å². The van der Waals surface area contributed by atoms with Crippen molar-refractivity contribution in [3.8, 4) is 0 Å². The Kier molecular flexibility index (Phi) is 7.03. The molecule has 0 aromatic rings. The molecule has 1 amide bonds. The zero-order valence-corrected chi connectivity index (χ0v) is 13.1. The molecule has 1 rings (SSSR count). The quantitative estimate of drug-likeness (QED) is 0.780. The van der Waals surface area contributed by atoms with E-state index in [4.69, 9.17) is 5.11 Å². The molecule has 1 fully saturated rings. The van der Waals surface area contributed by atoms with E-state index in [2.05, 4.69) is 13.8 Å². The minimum atomic E-state index is -0.745. The Hall–Kier alpha value is -1.06. The van der Waals surface area contributed by atoms with E-state index in [-0.39, 0.29) is 17.7 Å². The van der Waals surface area contributed by atoms with Crippen molar-refractivity contribution in [3.05, 3.63) is 0 Å². The zero-order valence-electron chi connectivity index (χ0n) is 13.1. The summed E-state index contributed by atoms with van der Waals surface area (Å²) in [6.07, 6.45) is 5.12. The Balaban J connectivity index is 2.63. The van der Waals surface area contributed by atoms with Gasteiger partial charge in [-0.1, -0.05) is 33.1 Å². The van der Waals surface area contributed by atoms with Crippen LogP contribution in [0.1, 0.15) is 59.3 Å². The zero-order chi connectivity index (χ0) is 15.1. The molecule has 0 bridgehead atoms. The van der Waals surface area contributed by atoms with Crippen molar-refractivity contribution in [2.45, 2.75) is 59.3 Å². The van der Waals surface area contributed by atoms with Crippen LogP contribution >= 0.6 is 0 Å². The first kappa shape index (κ1) is 17.0. The fraction of sp³-hybridized carbons (Fsp3) is 0.875. The van der Waals surface area contributed by atoms with Gasteiger partial charge in [0.1, 0.15) is 0 Å². The smallest absolute Gasteiger partial charge is 0.306 e. The number of nitrogens with zero attached hydrogens (tertiary/aromatic N) is 1. The maximum Gasteiger partial charge on any atom is 0.306 e. The van der Waals surface area contributed by atoms with Crippen molar-refractivity contribution < 1.29 is 14.7 Å². The fourth-order valence-electron chi connectivity index (χ4n) is 3.13. The van der Waals surface area contributed by atoms with Gasteiger partial charge in [-0.2, -0.15) is 0 Å². The Morgan fingerprint density at radius 3 is 2.25 bits per heavy atom. The second-order valence-corrected chi connectivity index (χ2v) is 5.96. The third kappa shape index (κ3) is 4.50. The maximum atomic E-state index is 12.6. The number of carbonyl (C=O) groups excluding carboxylic acids is 1. The Morgan fingerprint density at radius 1 is 1.15 bits per heavy atom. The van der Waals surface area contributed by atoms with E-state index in [1.807, 2.05) is 11.8 Å². The third-order valence-corrected chi connectivity index (χ3v) is 4.70. The fourth-order valence-corrected chi connectivity index (χ4v) is 3.13. The topological polar surface area (TPSA) is 57.6 Å². The van der Waals surface area contributed by atoms with E-state index in [1.165, 1.54) is 0 Å². The number of hydrogen-bond donors (Lipinski definition) is 1. The van der Waals surface area contributed by atoms with Gasteiger partial charge in [0.15, 0.2) is 0 Å². The number of hydrogen-bond acceptors (Lipinski definition) is 2. The predicted molar refractivity (Wildman–Crippen MR) is 79.4 cm³/mol. The molecule has 2 atom stereocenters. The van der Waals surface area contributed by atoms with Crippen LogP contribution in [-0.4, -0.2) is 35.0 Å². The Bertz CT molecular complexity index is 326. The molecule has 116 valence electrons. The molecule has 0 radical (unpaired) electrons. The van der Waals surface area contributed by atoms with E-state index in [1.54, 1.807) is 0 Å². The lowest BCUT2D eigenvalue weighted by Gasteiger charge is -2.32. The summed E-state index contributed by atoms with van der Waals surface area (Å²) in [6.45, 7) is 7.87. The summed E-state index contributed by atoms with van der Waals surface area (Å²) in [5.41, 5.74) is 0. The van der Waals surface area contributed by atoms with Crippen LogP contribution in [0.15, 0.2) is 0 Å². The molecule has 0 aliphatic heterocycles. The summed E-state index contributed by atoms with van der Waals surface area (Å²) < 4.78 is 0. The van der Waals surface area contributed by atoms with Gasteiger partial charge in [-0.05, 0) is 32.1 Å². The van der Waals surface area contributed by atoms with E-state index < -0.39 is 5.97 Å². The molecule has 4 heteroatoms. The van der Waals surface area contributed by atoms with Gasteiger partial charge in [-0.3, -0.25) is 9.59 Å². The minimum absolute atomic E-state index is 0.0841. The summed E-state index contributed by atoms with van der Waals surface area (Å²) in [5, 5.41) is 9.13. The number of carbonyl (C=O) groups is 2. The second kappa shape index (κ2) is 8.28. The molecule has 20 heavy (non-hydrogen) atoms. The molecular formula is C16H29NO3. The highest BCUT2D eigenvalue weighted by Gasteiger charge is 2.33. The standard InChI is InChI=1S/C16H29NO3/c1-4-12(5-2)11-17(6-3)15(18)13-8-7-9-14(10-13)16(19)20/h12-14H,4-11H2,1-3H3,(H,19,20). The van der Waals surface area contributed by atoms with Crippen LogP contribution in [0.4, 0.5) is 0 Å². The van der Waals surface area contributed by atoms with Crippen LogP contribution in [0.3, 0.4) is 0 Å². The van der Waals surface area contributed by atoms with Crippen LogP contribution in [0.25, 0.3) is 0 Å². The minimum Gasteiger partial charge on any atom is -0.481 e. The van der Waals surface area contributed by atoms with Crippen LogP contribution in [0.2, 0.25) is 0 Å². The highest BCUT2D eigenvalue weighted by Crippen LogP contribution is 2.30. The normalized spacial score (nSPS) is 22.8. The number of carboxylic acid groups (broad SMARTS) is 1. The van der Waals surface area contributed by atoms with Gasteiger partial charge in [-0.15, -0.1) is 0 Å². The number of aliphatic carboxylic acids is 1. The van der Waals surface area contributed by atoms with E-state index in [0.29, 0.717) is 12.3 Å². The summed E-state index contributed by atoms with van der Waals surface area (Å²) >= 11 is 0.